The minimum Gasteiger partial charge on any atom is -0.398 e. The summed E-state index contributed by atoms with van der Waals surface area (Å²) in [6.07, 6.45) is 1.46. The molecule has 0 saturated carbocycles. The predicted octanol–water partition coefficient (Wildman–Crippen LogP) is 2.02. The van der Waals surface area contributed by atoms with Crippen molar-refractivity contribution < 1.29 is 9.90 Å². The van der Waals surface area contributed by atoms with Crippen LogP contribution in [0, 0.1) is 0 Å². The summed E-state index contributed by atoms with van der Waals surface area (Å²) in [5.74, 6) is 0.560. The Bertz CT molecular complexity index is 815. The Hall–Kier alpha value is -3.13. The lowest BCUT2D eigenvalue weighted by Gasteiger charge is -2.30. The van der Waals surface area contributed by atoms with E-state index in [-0.39, 0.29) is 5.82 Å². The van der Waals surface area contributed by atoms with Gasteiger partial charge in [0, 0.05) is 24.5 Å². The number of rotatable bonds is 6. The van der Waals surface area contributed by atoms with E-state index in [4.69, 9.17) is 11.5 Å². The molecule has 1 unspecified atom stereocenters. The molecular formula is C19H26N6O2. The number of carbonyl (C=O) groups is 1. The second-order valence-electron chi connectivity index (χ2n) is 6.61. The number of hydrogen-bond acceptors (Lipinski definition) is 5. The highest BCUT2D eigenvalue weighted by atomic mass is 16.3. The fourth-order valence-corrected chi connectivity index (χ4v) is 2.61. The molecule has 0 fully saturated rings. The van der Waals surface area contributed by atoms with Crippen molar-refractivity contribution in [2.24, 2.45) is 10.7 Å². The molecule has 0 spiro atoms. The number of anilines is 2. The lowest BCUT2D eigenvalue weighted by molar-refractivity contribution is 0.0415. The third-order valence-corrected chi connectivity index (χ3v) is 3.90. The number of urea groups is 1. The summed E-state index contributed by atoms with van der Waals surface area (Å²) in [6, 6.07) is 9.62. The molecule has 2 aromatic rings. The van der Waals surface area contributed by atoms with Gasteiger partial charge in [0.15, 0.2) is 0 Å². The van der Waals surface area contributed by atoms with Gasteiger partial charge >= 0.3 is 6.03 Å². The Balaban J connectivity index is 2.14. The summed E-state index contributed by atoms with van der Waals surface area (Å²) in [7, 11) is 0. The van der Waals surface area contributed by atoms with Gasteiger partial charge in [-0.05, 0) is 26.3 Å². The highest BCUT2D eigenvalue weighted by Gasteiger charge is 2.29. The third kappa shape index (κ3) is 5.42. The van der Waals surface area contributed by atoms with E-state index < -0.39 is 17.7 Å². The number of nitrogens with two attached hydrogens (primary N) is 2. The van der Waals surface area contributed by atoms with Crippen LogP contribution in [0.3, 0.4) is 0 Å². The molecule has 0 aliphatic heterocycles. The summed E-state index contributed by atoms with van der Waals surface area (Å²) in [5.41, 5.74) is 12.3. The second kappa shape index (κ2) is 8.50. The van der Waals surface area contributed by atoms with Gasteiger partial charge in [-0.1, -0.05) is 30.3 Å². The van der Waals surface area contributed by atoms with Crippen molar-refractivity contribution in [1.82, 2.24) is 10.3 Å². The van der Waals surface area contributed by atoms with Crippen LogP contribution in [0.1, 0.15) is 37.9 Å². The molecule has 0 bridgehead atoms. The number of amides is 2. The van der Waals surface area contributed by atoms with E-state index in [1.807, 2.05) is 37.3 Å². The SMILES string of the molecule is CCN=C(N)c1cnc(NC(=O)NC(c2ccccc2)C(C)(C)O)cc1N. The van der Waals surface area contributed by atoms with E-state index >= 15 is 0 Å². The van der Waals surface area contributed by atoms with Crippen LogP contribution in [0.15, 0.2) is 47.6 Å². The van der Waals surface area contributed by atoms with Gasteiger partial charge in [0.1, 0.15) is 11.7 Å². The predicted molar refractivity (Wildman–Crippen MR) is 108 cm³/mol. The van der Waals surface area contributed by atoms with E-state index in [9.17, 15) is 9.90 Å². The Labute approximate surface area is 158 Å². The second-order valence-corrected chi connectivity index (χ2v) is 6.61. The van der Waals surface area contributed by atoms with Gasteiger partial charge in [0.05, 0.1) is 17.2 Å². The van der Waals surface area contributed by atoms with Gasteiger partial charge in [0.2, 0.25) is 0 Å². The first kappa shape index (κ1) is 20.2. The summed E-state index contributed by atoms with van der Waals surface area (Å²) in [4.78, 5) is 20.7. The Morgan fingerprint density at radius 2 is 2.00 bits per heavy atom. The molecule has 7 N–H and O–H groups in total. The number of aromatic nitrogens is 1. The van der Waals surface area contributed by atoms with Crippen molar-refractivity contribution in [3.63, 3.8) is 0 Å². The van der Waals surface area contributed by atoms with Crippen molar-refractivity contribution in [3.05, 3.63) is 53.7 Å². The monoisotopic (exact) mass is 370 g/mol. The number of aliphatic imine (C=N–C) groups is 1. The van der Waals surface area contributed by atoms with Crippen molar-refractivity contribution in [2.75, 3.05) is 17.6 Å². The molecule has 144 valence electrons. The maximum atomic E-state index is 12.4. The fraction of sp³-hybridized carbons (Fsp3) is 0.316. The molecule has 1 heterocycles. The van der Waals surface area contributed by atoms with Crippen LogP contribution in [0.2, 0.25) is 0 Å². The maximum absolute atomic E-state index is 12.4. The molecular weight excluding hydrogens is 344 g/mol. The average molecular weight is 370 g/mol. The largest absolute Gasteiger partial charge is 0.398 e. The molecule has 0 aliphatic carbocycles. The fourth-order valence-electron chi connectivity index (χ4n) is 2.61. The van der Waals surface area contributed by atoms with Crippen molar-refractivity contribution in [1.29, 1.82) is 0 Å². The van der Waals surface area contributed by atoms with Crippen LogP contribution >= 0.6 is 0 Å². The highest BCUT2D eigenvalue weighted by molar-refractivity contribution is 6.02. The highest BCUT2D eigenvalue weighted by Crippen LogP contribution is 2.25. The van der Waals surface area contributed by atoms with Gasteiger partial charge in [-0.25, -0.2) is 9.78 Å². The van der Waals surface area contributed by atoms with Crippen molar-refractivity contribution in [3.8, 4) is 0 Å². The zero-order chi connectivity index (χ0) is 20.0. The molecule has 2 rings (SSSR count). The molecule has 1 aromatic carbocycles. The number of benzene rings is 1. The van der Waals surface area contributed by atoms with Gasteiger partial charge in [-0.2, -0.15) is 0 Å². The van der Waals surface area contributed by atoms with E-state index in [0.29, 0.717) is 23.6 Å². The number of amidine groups is 1. The molecule has 8 heteroatoms. The first-order valence-electron chi connectivity index (χ1n) is 8.63. The minimum absolute atomic E-state index is 0.264. The third-order valence-electron chi connectivity index (χ3n) is 3.90. The van der Waals surface area contributed by atoms with Crippen LogP contribution in [0.25, 0.3) is 0 Å². The number of hydrogen-bond donors (Lipinski definition) is 5. The molecule has 2 amide bonds. The van der Waals surface area contributed by atoms with Crippen LogP contribution in [0.4, 0.5) is 16.3 Å². The lowest BCUT2D eigenvalue weighted by Crippen LogP contribution is -2.44. The number of pyridine rings is 1. The normalized spacial score (nSPS) is 13.1. The van der Waals surface area contributed by atoms with E-state index in [2.05, 4.69) is 20.6 Å². The Morgan fingerprint density at radius 3 is 2.56 bits per heavy atom. The Kier molecular flexibility index (Phi) is 6.36. The van der Waals surface area contributed by atoms with Gasteiger partial charge in [0.25, 0.3) is 0 Å². The lowest BCUT2D eigenvalue weighted by atomic mass is 9.92. The summed E-state index contributed by atoms with van der Waals surface area (Å²) >= 11 is 0. The summed E-state index contributed by atoms with van der Waals surface area (Å²) in [5, 5.41) is 15.8. The van der Waals surface area contributed by atoms with Gasteiger partial charge < -0.3 is 21.9 Å². The zero-order valence-corrected chi connectivity index (χ0v) is 15.7. The molecule has 1 aromatic heterocycles. The smallest absolute Gasteiger partial charge is 0.320 e. The number of nitrogens with zero attached hydrogens (tertiary/aromatic N) is 2. The summed E-state index contributed by atoms with van der Waals surface area (Å²) in [6.45, 7) is 5.66. The molecule has 0 radical (unpaired) electrons. The Morgan fingerprint density at radius 1 is 1.33 bits per heavy atom. The number of carbonyl (C=O) groups excluding carboxylic acids is 1. The molecule has 27 heavy (non-hydrogen) atoms. The first-order chi connectivity index (χ1) is 12.7. The van der Waals surface area contributed by atoms with Crippen molar-refractivity contribution >= 4 is 23.4 Å². The van der Waals surface area contributed by atoms with E-state index in [1.165, 1.54) is 12.3 Å². The average Bonchev–Trinajstić information content (AvgIpc) is 2.59. The van der Waals surface area contributed by atoms with Gasteiger partial charge in [-0.3, -0.25) is 10.3 Å². The van der Waals surface area contributed by atoms with Crippen LogP contribution in [-0.4, -0.2) is 34.1 Å². The van der Waals surface area contributed by atoms with Crippen molar-refractivity contribution in [2.45, 2.75) is 32.4 Å². The summed E-state index contributed by atoms with van der Waals surface area (Å²) < 4.78 is 0. The first-order valence-corrected chi connectivity index (χ1v) is 8.63. The van der Waals surface area contributed by atoms with E-state index in [1.54, 1.807) is 13.8 Å². The number of aliphatic hydroxyl groups is 1. The molecule has 0 aliphatic rings. The van der Waals surface area contributed by atoms with Gasteiger partial charge in [-0.15, -0.1) is 0 Å². The van der Waals surface area contributed by atoms with Crippen LogP contribution in [0.5, 0.6) is 0 Å². The van der Waals surface area contributed by atoms with E-state index in [0.717, 1.165) is 5.56 Å². The minimum atomic E-state index is -1.17. The zero-order valence-electron chi connectivity index (χ0n) is 15.7. The molecule has 1 atom stereocenters. The maximum Gasteiger partial charge on any atom is 0.320 e. The molecule has 0 saturated heterocycles. The number of nitrogens with one attached hydrogen (secondary N) is 2. The quantitative estimate of drug-likeness (QED) is 0.391. The van der Waals surface area contributed by atoms with Crippen LogP contribution in [-0.2, 0) is 0 Å². The number of nitrogen functional groups attached to an aromatic ring is 1. The molecule has 8 nitrogen and oxygen atoms in total. The topological polar surface area (TPSA) is 139 Å². The van der Waals surface area contributed by atoms with Crippen LogP contribution < -0.4 is 22.1 Å². The standard InChI is InChI=1S/C19H26N6O2/c1-4-22-17(21)13-11-23-15(10-14(13)20)24-18(26)25-16(19(2,3)27)12-8-6-5-7-9-12/h5-11,16,27H,4H2,1-3H3,(H2,21,22)(H4,20,23,24,25,26).